The summed E-state index contributed by atoms with van der Waals surface area (Å²) in [5, 5.41) is -0.0926. The van der Waals surface area contributed by atoms with Gasteiger partial charge in [0.2, 0.25) is 5.91 Å². The van der Waals surface area contributed by atoms with Crippen molar-refractivity contribution in [2.24, 2.45) is 17.8 Å². The standard InChI is InChI=1S/C26H41NO6Si/c1-17(18(2)24(29)31-7)22(33-34(8,9)26(4,5)6)19(3)23(28)27-21(16-32-25(27)30)15-20-13-11-10-12-14-20/h10-14,17-19,21-22H,15-16H2,1-9H3/t17-,18-,19+,21+,22+/m1/s1. The zero-order valence-corrected chi connectivity index (χ0v) is 23.1. The fourth-order valence-electron chi connectivity index (χ4n) is 3.99. The summed E-state index contributed by atoms with van der Waals surface area (Å²) in [7, 11) is -0.944. The second-order valence-corrected chi connectivity index (χ2v) is 15.7. The van der Waals surface area contributed by atoms with Crippen molar-refractivity contribution in [2.45, 2.75) is 78.2 Å². The van der Waals surface area contributed by atoms with E-state index in [1.54, 1.807) is 13.8 Å². The van der Waals surface area contributed by atoms with Crippen LogP contribution in [0.1, 0.15) is 47.1 Å². The minimum atomic E-state index is -2.30. The fraction of sp³-hybridized carbons (Fsp3) is 0.654. The van der Waals surface area contributed by atoms with Gasteiger partial charge in [0.15, 0.2) is 8.32 Å². The van der Waals surface area contributed by atoms with Crippen molar-refractivity contribution in [3.63, 3.8) is 0 Å². The molecule has 0 aromatic heterocycles. The SMILES string of the molecule is COC(=O)[C@H](C)[C@@H](C)[C@H](O[Si](C)(C)C(C)(C)C)[C@H](C)C(=O)N1C(=O)OC[C@@H]1Cc1ccccc1. The molecule has 1 heterocycles. The third-order valence-electron chi connectivity index (χ3n) is 7.51. The Morgan fingerprint density at radius 1 is 1.12 bits per heavy atom. The predicted molar refractivity (Wildman–Crippen MR) is 134 cm³/mol. The van der Waals surface area contributed by atoms with Gasteiger partial charge in [-0.1, -0.05) is 71.9 Å². The zero-order valence-electron chi connectivity index (χ0n) is 22.1. The van der Waals surface area contributed by atoms with E-state index in [1.807, 2.05) is 37.3 Å². The van der Waals surface area contributed by atoms with E-state index in [9.17, 15) is 14.4 Å². The van der Waals surface area contributed by atoms with E-state index < -0.39 is 32.4 Å². The highest BCUT2D eigenvalue weighted by atomic mass is 28.4. The highest BCUT2D eigenvalue weighted by Gasteiger charge is 2.47. The van der Waals surface area contributed by atoms with Gasteiger partial charge in [0, 0.05) is 0 Å². The van der Waals surface area contributed by atoms with Crippen LogP contribution in [0.2, 0.25) is 18.1 Å². The number of methoxy groups -OCH3 is 1. The molecule has 0 unspecified atom stereocenters. The molecule has 0 aliphatic carbocycles. The normalized spacial score (nSPS) is 20.3. The van der Waals surface area contributed by atoms with E-state index in [-0.39, 0.29) is 35.5 Å². The molecule has 2 amide bonds. The Labute approximate surface area is 205 Å². The Morgan fingerprint density at radius 3 is 2.24 bits per heavy atom. The van der Waals surface area contributed by atoms with Gasteiger partial charge in [0.1, 0.15) is 6.61 Å². The summed E-state index contributed by atoms with van der Waals surface area (Å²) in [5.41, 5.74) is 1.03. The summed E-state index contributed by atoms with van der Waals surface area (Å²) < 4.78 is 17.0. The molecule has 1 aliphatic rings. The number of esters is 1. The summed E-state index contributed by atoms with van der Waals surface area (Å²) in [4.78, 5) is 40.0. The lowest BCUT2D eigenvalue weighted by atomic mass is 9.84. The maximum absolute atomic E-state index is 13.7. The van der Waals surface area contributed by atoms with Crippen LogP contribution in [0.15, 0.2) is 30.3 Å². The monoisotopic (exact) mass is 491 g/mol. The van der Waals surface area contributed by atoms with Crippen LogP contribution in [0.3, 0.4) is 0 Å². The molecule has 5 atom stereocenters. The fourth-order valence-corrected chi connectivity index (χ4v) is 5.45. The Kier molecular flexibility index (Phi) is 9.10. The van der Waals surface area contributed by atoms with E-state index in [4.69, 9.17) is 13.9 Å². The van der Waals surface area contributed by atoms with Gasteiger partial charge in [0.05, 0.1) is 31.1 Å². The van der Waals surface area contributed by atoms with Gasteiger partial charge in [0.25, 0.3) is 0 Å². The first kappa shape index (κ1) is 28.0. The van der Waals surface area contributed by atoms with Gasteiger partial charge in [-0.3, -0.25) is 9.59 Å². The number of nitrogens with zero attached hydrogens (tertiary/aromatic N) is 1. The molecule has 1 fully saturated rings. The van der Waals surface area contributed by atoms with Gasteiger partial charge in [-0.05, 0) is 36.0 Å². The van der Waals surface area contributed by atoms with Crippen molar-refractivity contribution in [2.75, 3.05) is 13.7 Å². The zero-order chi connectivity index (χ0) is 25.8. The number of benzene rings is 1. The van der Waals surface area contributed by atoms with Crippen molar-refractivity contribution >= 4 is 26.3 Å². The van der Waals surface area contributed by atoms with Crippen LogP contribution in [0.25, 0.3) is 0 Å². The molecule has 2 rings (SSSR count). The number of rotatable bonds is 9. The molecule has 7 nitrogen and oxygen atoms in total. The highest BCUT2D eigenvalue weighted by molar-refractivity contribution is 6.74. The maximum Gasteiger partial charge on any atom is 0.416 e. The third-order valence-corrected chi connectivity index (χ3v) is 12.0. The molecule has 0 spiro atoms. The molecule has 190 valence electrons. The third kappa shape index (κ3) is 6.27. The number of carbonyl (C=O) groups is 3. The van der Waals surface area contributed by atoms with Gasteiger partial charge in [-0.2, -0.15) is 0 Å². The predicted octanol–water partition coefficient (Wildman–Crippen LogP) is 5.05. The Bertz CT molecular complexity index is 866. The van der Waals surface area contributed by atoms with E-state index in [1.165, 1.54) is 12.0 Å². The molecule has 1 aromatic rings. The maximum atomic E-state index is 13.7. The molecule has 34 heavy (non-hydrogen) atoms. The number of imide groups is 1. The number of ether oxygens (including phenoxy) is 2. The average Bonchev–Trinajstić information content (AvgIpc) is 3.14. The first-order chi connectivity index (χ1) is 15.7. The number of cyclic esters (lactones) is 1. The number of carbonyl (C=O) groups excluding carboxylic acids is 3. The lowest BCUT2D eigenvalue weighted by molar-refractivity contribution is -0.150. The summed E-state index contributed by atoms with van der Waals surface area (Å²) in [6, 6.07) is 9.35. The van der Waals surface area contributed by atoms with Crippen LogP contribution in [-0.4, -0.2) is 57.0 Å². The van der Waals surface area contributed by atoms with E-state index in [0.29, 0.717) is 6.42 Å². The molecule has 0 N–H and O–H groups in total. The minimum absolute atomic E-state index is 0.0926. The van der Waals surface area contributed by atoms with Gasteiger partial charge in [-0.15, -0.1) is 0 Å². The second-order valence-electron chi connectivity index (χ2n) is 10.9. The molecule has 0 radical (unpaired) electrons. The lowest BCUT2D eigenvalue weighted by Gasteiger charge is -2.43. The van der Waals surface area contributed by atoms with Crippen molar-refractivity contribution in [3.05, 3.63) is 35.9 Å². The molecule has 8 heteroatoms. The van der Waals surface area contributed by atoms with E-state index in [2.05, 4.69) is 33.9 Å². The van der Waals surface area contributed by atoms with Crippen molar-refractivity contribution in [1.29, 1.82) is 0 Å². The highest BCUT2D eigenvalue weighted by Crippen LogP contribution is 2.40. The van der Waals surface area contributed by atoms with Crippen molar-refractivity contribution in [3.8, 4) is 0 Å². The molecular formula is C26H41NO6Si. The van der Waals surface area contributed by atoms with Crippen LogP contribution in [0, 0.1) is 17.8 Å². The Balaban J connectivity index is 2.35. The van der Waals surface area contributed by atoms with Gasteiger partial charge >= 0.3 is 12.1 Å². The Morgan fingerprint density at radius 2 is 1.71 bits per heavy atom. The van der Waals surface area contributed by atoms with Gasteiger partial charge < -0.3 is 13.9 Å². The van der Waals surface area contributed by atoms with E-state index >= 15 is 0 Å². The van der Waals surface area contributed by atoms with Crippen molar-refractivity contribution < 1.29 is 28.3 Å². The summed E-state index contributed by atoms with van der Waals surface area (Å²) in [5.74, 6) is -2.11. The van der Waals surface area contributed by atoms with Crippen LogP contribution < -0.4 is 0 Å². The van der Waals surface area contributed by atoms with Gasteiger partial charge in [-0.25, -0.2) is 9.69 Å². The smallest absolute Gasteiger partial charge is 0.416 e. The lowest BCUT2D eigenvalue weighted by Crippen LogP contribution is -2.53. The number of hydrogen-bond acceptors (Lipinski definition) is 6. The largest absolute Gasteiger partial charge is 0.469 e. The molecule has 0 bridgehead atoms. The first-order valence-electron chi connectivity index (χ1n) is 12.0. The number of hydrogen-bond donors (Lipinski definition) is 0. The first-order valence-corrected chi connectivity index (χ1v) is 14.9. The van der Waals surface area contributed by atoms with Crippen molar-refractivity contribution in [1.82, 2.24) is 4.90 Å². The van der Waals surface area contributed by atoms with Crippen LogP contribution in [-0.2, 0) is 29.9 Å². The van der Waals surface area contributed by atoms with Crippen LogP contribution in [0.4, 0.5) is 4.79 Å². The average molecular weight is 492 g/mol. The number of amides is 2. The molecule has 1 aliphatic heterocycles. The molecule has 1 aromatic carbocycles. The molecule has 1 saturated heterocycles. The summed E-state index contributed by atoms with van der Waals surface area (Å²) in [6.07, 6.45) is -0.668. The van der Waals surface area contributed by atoms with Crippen LogP contribution in [0.5, 0.6) is 0 Å². The topological polar surface area (TPSA) is 82.1 Å². The molecular weight excluding hydrogens is 450 g/mol. The van der Waals surface area contributed by atoms with E-state index in [0.717, 1.165) is 5.56 Å². The summed E-state index contributed by atoms with van der Waals surface area (Å²) in [6.45, 7) is 16.3. The minimum Gasteiger partial charge on any atom is -0.469 e. The summed E-state index contributed by atoms with van der Waals surface area (Å²) >= 11 is 0. The quantitative estimate of drug-likeness (QED) is 0.355. The Hall–Kier alpha value is -2.19. The second kappa shape index (κ2) is 11.0. The van der Waals surface area contributed by atoms with Crippen LogP contribution >= 0.6 is 0 Å². The molecule has 0 saturated carbocycles.